The van der Waals surface area contributed by atoms with E-state index in [0.717, 1.165) is 12.1 Å². The molecule has 0 aliphatic carbocycles. The van der Waals surface area contributed by atoms with Crippen molar-refractivity contribution in [2.75, 3.05) is 19.0 Å². The molecular weight excluding hydrogens is 305 g/mol. The molecule has 1 aromatic rings. The van der Waals surface area contributed by atoms with Crippen LogP contribution in [-0.2, 0) is 25.3 Å². The van der Waals surface area contributed by atoms with Gasteiger partial charge in [0, 0.05) is 7.05 Å². The average Bonchev–Trinajstić information content (AvgIpc) is 2.44. The van der Waals surface area contributed by atoms with Crippen LogP contribution in [0.1, 0.15) is 12.0 Å². The number of carbonyl (C=O) groups is 3. The number of para-hydroxylation sites is 1. The molecule has 2 N–H and O–H groups in total. The smallest absolute Gasteiger partial charge is 0.418 e. The summed E-state index contributed by atoms with van der Waals surface area (Å²) in [4.78, 5) is 33.5. The van der Waals surface area contributed by atoms with E-state index in [1.165, 1.54) is 19.2 Å². The van der Waals surface area contributed by atoms with Crippen LogP contribution in [0.4, 0.5) is 18.9 Å². The number of nitrogens with one attached hydrogen (secondary N) is 2. The minimum atomic E-state index is -4.63. The van der Waals surface area contributed by atoms with Gasteiger partial charge >= 0.3 is 12.1 Å². The van der Waals surface area contributed by atoms with E-state index in [1.807, 2.05) is 5.32 Å². The zero-order valence-corrected chi connectivity index (χ0v) is 11.5. The third-order valence-corrected chi connectivity index (χ3v) is 2.45. The Bertz CT molecular complexity index is 573. The van der Waals surface area contributed by atoms with Crippen molar-refractivity contribution in [1.29, 1.82) is 0 Å². The summed E-state index contributed by atoms with van der Waals surface area (Å²) in [5.41, 5.74) is -1.46. The molecule has 0 bridgehead atoms. The molecule has 22 heavy (non-hydrogen) atoms. The maximum absolute atomic E-state index is 12.7. The van der Waals surface area contributed by atoms with Crippen LogP contribution in [0, 0.1) is 0 Å². The Hall–Kier alpha value is -2.58. The molecule has 0 aliphatic rings. The number of anilines is 1. The first-order chi connectivity index (χ1) is 10.2. The summed E-state index contributed by atoms with van der Waals surface area (Å²) >= 11 is 0. The minimum Gasteiger partial charge on any atom is -0.455 e. The zero-order chi connectivity index (χ0) is 16.8. The van der Waals surface area contributed by atoms with E-state index in [1.54, 1.807) is 0 Å². The first-order valence-electron chi connectivity index (χ1n) is 6.06. The van der Waals surface area contributed by atoms with Crippen LogP contribution >= 0.6 is 0 Å². The molecule has 0 saturated carbocycles. The van der Waals surface area contributed by atoms with Crippen LogP contribution in [0.15, 0.2) is 24.3 Å². The molecule has 0 aliphatic heterocycles. The monoisotopic (exact) mass is 318 g/mol. The molecule has 0 fully saturated rings. The van der Waals surface area contributed by atoms with E-state index in [0.29, 0.717) is 0 Å². The van der Waals surface area contributed by atoms with E-state index < -0.39 is 48.2 Å². The van der Waals surface area contributed by atoms with Gasteiger partial charge in [0.05, 0.1) is 11.3 Å². The fourth-order valence-corrected chi connectivity index (χ4v) is 1.44. The molecule has 0 heterocycles. The fraction of sp³-hybridized carbons (Fsp3) is 0.308. The molecule has 2 amide bonds. The highest BCUT2D eigenvalue weighted by Crippen LogP contribution is 2.34. The highest BCUT2D eigenvalue weighted by Gasteiger charge is 2.33. The number of rotatable bonds is 5. The number of halogens is 3. The van der Waals surface area contributed by atoms with Crippen LogP contribution in [0.3, 0.4) is 0 Å². The average molecular weight is 318 g/mol. The Morgan fingerprint density at radius 2 is 1.77 bits per heavy atom. The molecule has 1 rings (SSSR count). The number of benzene rings is 1. The first kappa shape index (κ1) is 17.5. The van der Waals surface area contributed by atoms with Crippen molar-refractivity contribution < 1.29 is 32.3 Å². The second-order valence-electron chi connectivity index (χ2n) is 4.10. The van der Waals surface area contributed by atoms with E-state index in [-0.39, 0.29) is 0 Å². The van der Waals surface area contributed by atoms with Crippen LogP contribution in [-0.4, -0.2) is 31.4 Å². The Kier molecular flexibility index (Phi) is 5.90. The second-order valence-corrected chi connectivity index (χ2v) is 4.10. The predicted molar refractivity (Wildman–Crippen MR) is 69.7 cm³/mol. The topological polar surface area (TPSA) is 84.5 Å². The van der Waals surface area contributed by atoms with E-state index in [9.17, 15) is 27.6 Å². The van der Waals surface area contributed by atoms with Crippen molar-refractivity contribution in [3.05, 3.63) is 29.8 Å². The van der Waals surface area contributed by atoms with Gasteiger partial charge in [-0.3, -0.25) is 14.4 Å². The number of amides is 2. The molecule has 0 spiro atoms. The van der Waals surface area contributed by atoms with Crippen LogP contribution in [0.5, 0.6) is 0 Å². The fourth-order valence-electron chi connectivity index (χ4n) is 1.44. The van der Waals surface area contributed by atoms with Crippen LogP contribution in [0.25, 0.3) is 0 Å². The van der Waals surface area contributed by atoms with Gasteiger partial charge in [0.15, 0.2) is 6.61 Å². The number of carbonyl (C=O) groups excluding carboxylic acids is 3. The van der Waals surface area contributed by atoms with Gasteiger partial charge in [0.1, 0.15) is 6.42 Å². The predicted octanol–water partition coefficient (Wildman–Crippen LogP) is 1.32. The van der Waals surface area contributed by atoms with Gasteiger partial charge in [-0.1, -0.05) is 12.1 Å². The van der Waals surface area contributed by atoms with Crippen molar-refractivity contribution >= 4 is 23.5 Å². The normalized spacial score (nSPS) is 10.7. The van der Waals surface area contributed by atoms with Gasteiger partial charge in [0.2, 0.25) is 5.91 Å². The number of hydrogen-bond donors (Lipinski definition) is 2. The second kappa shape index (κ2) is 7.43. The minimum absolute atomic E-state index is 0.442. The lowest BCUT2D eigenvalue weighted by Gasteiger charge is -2.13. The summed E-state index contributed by atoms with van der Waals surface area (Å²) in [6.07, 6.45) is -5.21. The third-order valence-electron chi connectivity index (χ3n) is 2.45. The highest BCUT2D eigenvalue weighted by molar-refractivity contribution is 5.97. The molecule has 9 heteroatoms. The maximum atomic E-state index is 12.7. The SMILES string of the molecule is CNC(=O)CC(=O)OCC(=O)Nc1ccccc1C(F)(F)F. The lowest BCUT2D eigenvalue weighted by Crippen LogP contribution is -2.26. The van der Waals surface area contributed by atoms with E-state index in [2.05, 4.69) is 10.1 Å². The van der Waals surface area contributed by atoms with E-state index >= 15 is 0 Å². The van der Waals surface area contributed by atoms with Gasteiger partial charge in [0.25, 0.3) is 5.91 Å². The zero-order valence-electron chi connectivity index (χ0n) is 11.5. The third kappa shape index (κ3) is 5.43. The number of hydrogen-bond acceptors (Lipinski definition) is 4. The summed E-state index contributed by atoms with van der Waals surface area (Å²) in [6, 6.07) is 4.39. The Morgan fingerprint density at radius 3 is 2.36 bits per heavy atom. The summed E-state index contributed by atoms with van der Waals surface area (Å²) < 4.78 is 42.6. The Morgan fingerprint density at radius 1 is 1.14 bits per heavy atom. The molecule has 0 radical (unpaired) electrons. The van der Waals surface area contributed by atoms with Crippen molar-refractivity contribution in [2.45, 2.75) is 12.6 Å². The van der Waals surface area contributed by atoms with Gasteiger partial charge in [-0.2, -0.15) is 13.2 Å². The largest absolute Gasteiger partial charge is 0.455 e. The van der Waals surface area contributed by atoms with Gasteiger partial charge < -0.3 is 15.4 Å². The highest BCUT2D eigenvalue weighted by atomic mass is 19.4. The van der Waals surface area contributed by atoms with Crippen molar-refractivity contribution in [2.24, 2.45) is 0 Å². The molecular formula is C13H13F3N2O4. The maximum Gasteiger partial charge on any atom is 0.418 e. The summed E-state index contributed by atoms with van der Waals surface area (Å²) in [7, 11) is 1.32. The molecule has 0 aromatic heterocycles. The molecule has 6 nitrogen and oxygen atoms in total. The summed E-state index contributed by atoms with van der Waals surface area (Å²) in [5, 5.41) is 4.19. The standard InChI is InChI=1S/C13H13F3N2O4/c1-17-10(19)6-12(21)22-7-11(20)18-9-5-3-2-4-8(9)13(14,15)16/h2-5H,6-7H2,1H3,(H,17,19)(H,18,20). The molecule has 1 aromatic carbocycles. The molecule has 0 saturated heterocycles. The van der Waals surface area contributed by atoms with Crippen LogP contribution < -0.4 is 10.6 Å². The lowest BCUT2D eigenvalue weighted by molar-refractivity contribution is -0.149. The van der Waals surface area contributed by atoms with Crippen molar-refractivity contribution in [3.8, 4) is 0 Å². The molecule has 0 unspecified atom stereocenters. The van der Waals surface area contributed by atoms with Crippen molar-refractivity contribution in [3.63, 3.8) is 0 Å². The quantitative estimate of drug-likeness (QED) is 0.633. The Balaban J connectivity index is 2.60. The van der Waals surface area contributed by atoms with Gasteiger partial charge in [-0.05, 0) is 12.1 Å². The van der Waals surface area contributed by atoms with Gasteiger partial charge in [-0.15, -0.1) is 0 Å². The van der Waals surface area contributed by atoms with Gasteiger partial charge in [-0.25, -0.2) is 0 Å². The Labute approximate surface area is 123 Å². The van der Waals surface area contributed by atoms with Crippen molar-refractivity contribution in [1.82, 2.24) is 5.32 Å². The number of ether oxygens (including phenoxy) is 1. The lowest BCUT2D eigenvalue weighted by atomic mass is 10.1. The summed E-state index contributed by atoms with van der Waals surface area (Å²) in [6.45, 7) is -0.790. The summed E-state index contributed by atoms with van der Waals surface area (Å²) in [5.74, 6) is -2.51. The number of alkyl halides is 3. The van der Waals surface area contributed by atoms with Crippen LogP contribution in [0.2, 0.25) is 0 Å². The molecule has 120 valence electrons. The first-order valence-corrected chi connectivity index (χ1v) is 6.06. The number of esters is 1. The van der Waals surface area contributed by atoms with E-state index in [4.69, 9.17) is 0 Å². The molecule has 0 atom stereocenters.